The van der Waals surface area contributed by atoms with Gasteiger partial charge in [0.25, 0.3) is 5.91 Å². The van der Waals surface area contributed by atoms with Gasteiger partial charge in [0.2, 0.25) is 5.89 Å². The van der Waals surface area contributed by atoms with Crippen molar-refractivity contribution in [3.05, 3.63) is 41.5 Å². The molecule has 1 aliphatic heterocycles. The van der Waals surface area contributed by atoms with E-state index in [1.54, 1.807) is 7.11 Å². The van der Waals surface area contributed by atoms with Crippen LogP contribution >= 0.6 is 0 Å². The van der Waals surface area contributed by atoms with Crippen molar-refractivity contribution in [1.82, 2.24) is 15.0 Å². The van der Waals surface area contributed by atoms with Gasteiger partial charge in [-0.25, -0.2) is 0 Å². The average Bonchev–Trinajstić information content (AvgIpc) is 3.41. The van der Waals surface area contributed by atoms with Gasteiger partial charge in [-0.3, -0.25) is 4.79 Å². The van der Waals surface area contributed by atoms with Crippen molar-refractivity contribution < 1.29 is 14.1 Å². The Morgan fingerprint density at radius 2 is 2.16 bits per heavy atom. The standard InChI is InChI=1S/C19H23N3O3/c1-24-16-7-3-2-6-15(16)19(23)22-10-4-5-13(12-22)11-17-20-18(21-25-17)14-8-9-14/h2-3,6-7,13-14H,4-5,8-12H2,1H3/t13-/m1/s1. The summed E-state index contributed by atoms with van der Waals surface area (Å²) in [5.41, 5.74) is 0.624. The predicted octanol–water partition coefficient (Wildman–Crippen LogP) is 3.05. The third-order valence-electron chi connectivity index (χ3n) is 5.03. The Kier molecular flexibility index (Phi) is 4.42. The fourth-order valence-electron chi connectivity index (χ4n) is 3.51. The number of likely N-dealkylation sites (tertiary alicyclic amines) is 1. The number of nitrogens with zero attached hydrogens (tertiary/aromatic N) is 3. The number of para-hydroxylation sites is 1. The van der Waals surface area contributed by atoms with E-state index in [9.17, 15) is 4.79 Å². The first-order valence-corrected chi connectivity index (χ1v) is 8.99. The van der Waals surface area contributed by atoms with Gasteiger partial charge in [0, 0.05) is 25.4 Å². The largest absolute Gasteiger partial charge is 0.496 e. The van der Waals surface area contributed by atoms with Crippen LogP contribution in [0.2, 0.25) is 0 Å². The zero-order valence-electron chi connectivity index (χ0n) is 14.5. The van der Waals surface area contributed by atoms with E-state index in [-0.39, 0.29) is 5.91 Å². The van der Waals surface area contributed by atoms with Crippen molar-refractivity contribution in [2.24, 2.45) is 5.92 Å². The molecule has 2 aromatic rings. The number of carbonyl (C=O) groups is 1. The first-order valence-electron chi connectivity index (χ1n) is 8.99. The number of amides is 1. The number of ether oxygens (including phenoxy) is 1. The molecule has 2 aliphatic rings. The molecule has 0 spiro atoms. The van der Waals surface area contributed by atoms with Gasteiger partial charge in [-0.15, -0.1) is 0 Å². The van der Waals surface area contributed by atoms with Crippen LogP contribution in [0.3, 0.4) is 0 Å². The van der Waals surface area contributed by atoms with Crippen molar-refractivity contribution in [3.63, 3.8) is 0 Å². The molecule has 1 atom stereocenters. The smallest absolute Gasteiger partial charge is 0.257 e. The fraction of sp³-hybridized carbons (Fsp3) is 0.526. The number of piperidine rings is 1. The van der Waals surface area contributed by atoms with Crippen LogP contribution in [0.25, 0.3) is 0 Å². The summed E-state index contributed by atoms with van der Waals surface area (Å²) >= 11 is 0. The molecule has 1 aliphatic carbocycles. The molecule has 1 saturated heterocycles. The SMILES string of the molecule is COc1ccccc1C(=O)N1CCC[C@H](Cc2nc(C3CC3)no2)C1. The lowest BCUT2D eigenvalue weighted by Crippen LogP contribution is -2.40. The minimum atomic E-state index is 0.0337. The minimum absolute atomic E-state index is 0.0337. The van der Waals surface area contributed by atoms with E-state index >= 15 is 0 Å². The summed E-state index contributed by atoms with van der Waals surface area (Å²) in [5.74, 6) is 3.09. The number of rotatable bonds is 5. The number of methoxy groups -OCH3 is 1. The molecule has 1 saturated carbocycles. The van der Waals surface area contributed by atoms with Gasteiger partial charge in [-0.1, -0.05) is 17.3 Å². The van der Waals surface area contributed by atoms with Crippen LogP contribution < -0.4 is 4.74 Å². The first kappa shape index (κ1) is 16.1. The Hall–Kier alpha value is -2.37. The van der Waals surface area contributed by atoms with Gasteiger partial charge >= 0.3 is 0 Å². The molecule has 2 fully saturated rings. The highest BCUT2D eigenvalue weighted by Gasteiger charge is 2.30. The Labute approximate surface area is 147 Å². The third kappa shape index (κ3) is 3.52. The zero-order valence-corrected chi connectivity index (χ0v) is 14.5. The molecule has 4 rings (SSSR count). The molecule has 1 aromatic heterocycles. The second-order valence-corrected chi connectivity index (χ2v) is 6.98. The molecule has 0 radical (unpaired) electrons. The zero-order chi connectivity index (χ0) is 17.2. The summed E-state index contributed by atoms with van der Waals surface area (Å²) < 4.78 is 10.7. The van der Waals surface area contributed by atoms with Gasteiger partial charge in [0.05, 0.1) is 12.7 Å². The van der Waals surface area contributed by atoms with Crippen LogP contribution in [0.4, 0.5) is 0 Å². The Bertz CT molecular complexity index is 754. The molecular formula is C19H23N3O3. The summed E-state index contributed by atoms with van der Waals surface area (Å²) in [7, 11) is 1.60. The summed E-state index contributed by atoms with van der Waals surface area (Å²) in [6.45, 7) is 1.50. The summed E-state index contributed by atoms with van der Waals surface area (Å²) in [6.07, 6.45) is 5.16. The van der Waals surface area contributed by atoms with E-state index in [1.165, 1.54) is 12.8 Å². The van der Waals surface area contributed by atoms with E-state index in [1.807, 2.05) is 29.2 Å². The van der Waals surface area contributed by atoms with Crippen LogP contribution in [0, 0.1) is 5.92 Å². The monoisotopic (exact) mass is 341 g/mol. The summed E-state index contributed by atoms with van der Waals surface area (Å²) in [6, 6.07) is 7.40. The molecule has 0 N–H and O–H groups in total. The maximum atomic E-state index is 12.9. The quantitative estimate of drug-likeness (QED) is 0.836. The fourth-order valence-corrected chi connectivity index (χ4v) is 3.51. The van der Waals surface area contributed by atoms with Gasteiger partial charge in [0.1, 0.15) is 5.75 Å². The highest BCUT2D eigenvalue weighted by Crippen LogP contribution is 2.38. The normalized spacial score (nSPS) is 20.5. The van der Waals surface area contributed by atoms with Gasteiger partial charge in [-0.05, 0) is 43.7 Å². The number of hydrogen-bond acceptors (Lipinski definition) is 5. The molecule has 6 nitrogen and oxygen atoms in total. The molecule has 0 bridgehead atoms. The van der Waals surface area contributed by atoms with Crippen molar-refractivity contribution in [2.45, 2.75) is 38.0 Å². The molecule has 25 heavy (non-hydrogen) atoms. The summed E-state index contributed by atoms with van der Waals surface area (Å²) in [5, 5.41) is 4.08. The molecule has 6 heteroatoms. The highest BCUT2D eigenvalue weighted by atomic mass is 16.5. The minimum Gasteiger partial charge on any atom is -0.496 e. The second kappa shape index (κ2) is 6.86. The molecule has 1 amide bonds. The van der Waals surface area contributed by atoms with Crippen LogP contribution in [-0.4, -0.2) is 41.1 Å². The summed E-state index contributed by atoms with van der Waals surface area (Å²) in [4.78, 5) is 19.3. The Morgan fingerprint density at radius 1 is 1.32 bits per heavy atom. The molecule has 132 valence electrons. The highest BCUT2D eigenvalue weighted by molar-refractivity contribution is 5.97. The van der Waals surface area contributed by atoms with Crippen LogP contribution in [0.5, 0.6) is 5.75 Å². The molecule has 2 heterocycles. The lowest BCUT2D eigenvalue weighted by atomic mass is 9.94. The topological polar surface area (TPSA) is 68.5 Å². The number of aromatic nitrogens is 2. The second-order valence-electron chi connectivity index (χ2n) is 6.98. The Morgan fingerprint density at radius 3 is 2.96 bits per heavy atom. The van der Waals surface area contributed by atoms with E-state index in [2.05, 4.69) is 10.1 Å². The molecule has 0 unspecified atom stereocenters. The van der Waals surface area contributed by atoms with Crippen molar-refractivity contribution in [3.8, 4) is 5.75 Å². The van der Waals surface area contributed by atoms with Crippen molar-refractivity contribution >= 4 is 5.91 Å². The number of benzene rings is 1. The van der Waals surface area contributed by atoms with Gasteiger partial charge in [-0.2, -0.15) is 4.98 Å². The van der Waals surface area contributed by atoms with E-state index in [4.69, 9.17) is 9.26 Å². The maximum absolute atomic E-state index is 12.9. The number of hydrogen-bond donors (Lipinski definition) is 0. The lowest BCUT2D eigenvalue weighted by molar-refractivity contribution is 0.0665. The van der Waals surface area contributed by atoms with E-state index < -0.39 is 0 Å². The van der Waals surface area contributed by atoms with Crippen LogP contribution in [0.15, 0.2) is 28.8 Å². The maximum Gasteiger partial charge on any atom is 0.257 e. The van der Waals surface area contributed by atoms with Gasteiger partial charge in [0.15, 0.2) is 5.82 Å². The van der Waals surface area contributed by atoms with Crippen LogP contribution in [0.1, 0.15) is 53.7 Å². The predicted molar refractivity (Wildman–Crippen MR) is 91.6 cm³/mol. The lowest BCUT2D eigenvalue weighted by Gasteiger charge is -2.32. The third-order valence-corrected chi connectivity index (χ3v) is 5.03. The first-order chi connectivity index (χ1) is 12.2. The van der Waals surface area contributed by atoms with Crippen molar-refractivity contribution in [2.75, 3.05) is 20.2 Å². The van der Waals surface area contributed by atoms with Gasteiger partial charge < -0.3 is 14.2 Å². The Balaban J connectivity index is 1.42. The molecule has 1 aromatic carbocycles. The molecular weight excluding hydrogens is 318 g/mol. The van der Waals surface area contributed by atoms with E-state index in [0.717, 1.165) is 38.2 Å². The van der Waals surface area contributed by atoms with E-state index in [0.29, 0.717) is 29.0 Å². The van der Waals surface area contributed by atoms with Crippen molar-refractivity contribution in [1.29, 1.82) is 0 Å². The number of carbonyl (C=O) groups excluding carboxylic acids is 1. The van der Waals surface area contributed by atoms with Crippen LogP contribution in [-0.2, 0) is 6.42 Å². The average molecular weight is 341 g/mol.